The van der Waals surface area contributed by atoms with E-state index in [1.54, 1.807) is 18.5 Å². The smallest absolute Gasteiger partial charge is 0.183 e. The van der Waals surface area contributed by atoms with Crippen molar-refractivity contribution in [3.05, 3.63) is 83.7 Å². The number of sulfone groups is 1. The van der Waals surface area contributed by atoms with Crippen LogP contribution in [0.4, 0.5) is 0 Å². The molecule has 2 aromatic carbocycles. The average molecular weight is 391 g/mol. The Morgan fingerprint density at radius 2 is 1.82 bits per heavy atom. The molecule has 5 heteroatoms. The Morgan fingerprint density at radius 1 is 1.00 bits per heavy atom. The molecule has 0 spiro atoms. The number of fused-ring (bicyclic) bond motifs is 3. The first-order valence-corrected chi connectivity index (χ1v) is 11.1. The topological polar surface area (TPSA) is 50.3 Å². The van der Waals surface area contributed by atoms with E-state index in [9.17, 15) is 8.42 Å². The summed E-state index contributed by atoms with van der Waals surface area (Å²) in [5.74, 6) is 0.0478. The van der Waals surface area contributed by atoms with Gasteiger partial charge in [0.05, 0.1) is 10.1 Å². The van der Waals surface area contributed by atoms with Gasteiger partial charge < -0.3 is 0 Å². The predicted octanol–water partition coefficient (Wildman–Crippen LogP) is 3.81. The number of aromatic nitrogens is 1. The van der Waals surface area contributed by atoms with E-state index in [4.69, 9.17) is 0 Å². The van der Waals surface area contributed by atoms with E-state index >= 15 is 0 Å². The molecule has 2 aliphatic rings. The summed E-state index contributed by atoms with van der Waals surface area (Å²) in [5.41, 5.74) is 5.56. The van der Waals surface area contributed by atoms with Crippen molar-refractivity contribution in [3.63, 3.8) is 0 Å². The zero-order valence-electron chi connectivity index (χ0n) is 15.7. The van der Waals surface area contributed by atoms with Gasteiger partial charge in [-0.2, -0.15) is 0 Å². The molecule has 2 atom stereocenters. The van der Waals surface area contributed by atoms with Crippen molar-refractivity contribution < 1.29 is 8.42 Å². The molecule has 0 aliphatic carbocycles. The van der Waals surface area contributed by atoms with Crippen LogP contribution in [0, 0.1) is 6.92 Å². The number of likely N-dealkylation sites (tertiary alicyclic amines) is 1. The van der Waals surface area contributed by atoms with Crippen molar-refractivity contribution in [1.82, 2.24) is 9.88 Å². The van der Waals surface area contributed by atoms with Crippen molar-refractivity contribution in [2.24, 2.45) is 0 Å². The van der Waals surface area contributed by atoms with Crippen LogP contribution in [0.2, 0.25) is 0 Å². The molecule has 0 N–H and O–H groups in total. The van der Waals surface area contributed by atoms with Gasteiger partial charge in [0.25, 0.3) is 0 Å². The number of aryl methyl sites for hydroxylation is 1. The van der Waals surface area contributed by atoms with Gasteiger partial charge in [0.15, 0.2) is 9.84 Å². The maximum absolute atomic E-state index is 13.1. The Hall–Kier alpha value is -2.50. The Bertz CT molecular complexity index is 1140. The lowest BCUT2D eigenvalue weighted by Gasteiger charge is -2.18. The van der Waals surface area contributed by atoms with E-state index in [1.165, 1.54) is 11.1 Å². The zero-order chi connectivity index (χ0) is 19.3. The van der Waals surface area contributed by atoms with Crippen molar-refractivity contribution >= 4 is 9.84 Å². The molecule has 1 aromatic heterocycles. The number of rotatable bonds is 3. The fraction of sp³-hybridized carbons (Fsp3) is 0.261. The second-order valence-corrected chi connectivity index (χ2v) is 10.00. The summed E-state index contributed by atoms with van der Waals surface area (Å²) < 4.78 is 26.3. The standard InChI is InChI=1S/C23H22N2O2S/c1-16-3-2-4-17(11-16)13-25-14-21-20-12-19(18-7-9-24-10-8-18)5-6-22(20)28(26,27)23(21)15-25/h2-12,21,23H,13-15H2,1H3/t21-,23+/m0/s1. The van der Waals surface area contributed by atoms with E-state index in [2.05, 4.69) is 47.1 Å². The molecule has 0 bridgehead atoms. The third-order valence-electron chi connectivity index (χ3n) is 5.96. The van der Waals surface area contributed by atoms with Gasteiger partial charge in [-0.15, -0.1) is 0 Å². The van der Waals surface area contributed by atoms with E-state index in [0.29, 0.717) is 11.4 Å². The zero-order valence-corrected chi connectivity index (χ0v) is 16.6. The van der Waals surface area contributed by atoms with E-state index in [0.717, 1.165) is 29.8 Å². The molecule has 3 heterocycles. The molecule has 1 fully saturated rings. The molecule has 0 amide bonds. The van der Waals surface area contributed by atoms with Gasteiger partial charge in [-0.05, 0) is 53.4 Å². The summed E-state index contributed by atoms with van der Waals surface area (Å²) in [6.07, 6.45) is 3.53. The van der Waals surface area contributed by atoms with E-state index < -0.39 is 9.84 Å². The summed E-state index contributed by atoms with van der Waals surface area (Å²) in [6, 6.07) is 18.1. The minimum atomic E-state index is -3.27. The fourth-order valence-corrected chi connectivity index (χ4v) is 6.84. The highest BCUT2D eigenvalue weighted by atomic mass is 32.2. The van der Waals surface area contributed by atoms with Crippen LogP contribution in [0.5, 0.6) is 0 Å². The summed E-state index contributed by atoms with van der Waals surface area (Å²) in [4.78, 5) is 6.88. The van der Waals surface area contributed by atoms with Gasteiger partial charge in [0.2, 0.25) is 0 Å². The molecule has 0 radical (unpaired) electrons. The maximum atomic E-state index is 13.1. The first kappa shape index (κ1) is 17.6. The minimum Gasteiger partial charge on any atom is -0.297 e. The Labute approximate surface area is 165 Å². The summed E-state index contributed by atoms with van der Waals surface area (Å²) in [6.45, 7) is 4.26. The first-order valence-electron chi connectivity index (χ1n) is 9.58. The molecule has 0 unspecified atom stereocenters. The van der Waals surface area contributed by atoms with Crippen LogP contribution in [-0.4, -0.2) is 36.6 Å². The lowest BCUT2D eigenvalue weighted by molar-refractivity contribution is 0.325. The normalized spacial score (nSPS) is 22.8. The SMILES string of the molecule is Cc1cccc(CN2C[C@@H]3[C@@H](C2)c2cc(-c4ccncc4)ccc2S3(=O)=O)c1. The quantitative estimate of drug-likeness (QED) is 0.682. The highest BCUT2D eigenvalue weighted by Crippen LogP contribution is 2.46. The van der Waals surface area contributed by atoms with Gasteiger partial charge >= 0.3 is 0 Å². The lowest BCUT2D eigenvalue weighted by atomic mass is 9.95. The van der Waals surface area contributed by atoms with Crippen molar-refractivity contribution in [2.45, 2.75) is 29.5 Å². The van der Waals surface area contributed by atoms with E-state index in [-0.39, 0.29) is 11.2 Å². The van der Waals surface area contributed by atoms with Crippen LogP contribution in [0.25, 0.3) is 11.1 Å². The summed E-state index contributed by atoms with van der Waals surface area (Å²) in [7, 11) is -3.27. The Balaban J connectivity index is 1.47. The molecule has 1 saturated heterocycles. The molecular formula is C23H22N2O2S. The average Bonchev–Trinajstić information content (AvgIpc) is 3.20. The molecule has 5 rings (SSSR count). The third kappa shape index (κ3) is 2.86. The van der Waals surface area contributed by atoms with Gasteiger partial charge in [-0.3, -0.25) is 9.88 Å². The Morgan fingerprint density at radius 3 is 2.61 bits per heavy atom. The lowest BCUT2D eigenvalue weighted by Crippen LogP contribution is -2.25. The fourth-order valence-electron chi connectivity index (χ4n) is 4.65. The van der Waals surface area contributed by atoms with Crippen LogP contribution in [-0.2, 0) is 16.4 Å². The number of hydrogen-bond donors (Lipinski definition) is 0. The summed E-state index contributed by atoms with van der Waals surface area (Å²) in [5, 5.41) is -0.333. The van der Waals surface area contributed by atoms with Crippen molar-refractivity contribution in [2.75, 3.05) is 13.1 Å². The highest BCUT2D eigenvalue weighted by Gasteiger charge is 2.50. The van der Waals surface area contributed by atoms with E-state index in [1.807, 2.05) is 18.2 Å². The predicted molar refractivity (Wildman–Crippen MR) is 110 cm³/mol. The second-order valence-electron chi connectivity index (χ2n) is 7.86. The Kier molecular flexibility index (Phi) is 4.11. The maximum Gasteiger partial charge on any atom is 0.183 e. The van der Waals surface area contributed by atoms with Crippen molar-refractivity contribution in [3.8, 4) is 11.1 Å². The monoisotopic (exact) mass is 390 g/mol. The van der Waals surface area contributed by atoms with Gasteiger partial charge in [-0.25, -0.2) is 8.42 Å². The van der Waals surface area contributed by atoms with Gasteiger partial charge in [0.1, 0.15) is 0 Å². The highest BCUT2D eigenvalue weighted by molar-refractivity contribution is 7.92. The van der Waals surface area contributed by atoms with Crippen LogP contribution >= 0.6 is 0 Å². The third-order valence-corrected chi connectivity index (χ3v) is 8.22. The molecule has 2 aliphatic heterocycles. The van der Waals surface area contributed by atoms with Crippen molar-refractivity contribution in [1.29, 1.82) is 0 Å². The minimum absolute atomic E-state index is 0.0478. The molecular weight excluding hydrogens is 368 g/mol. The molecule has 3 aromatic rings. The second kappa shape index (κ2) is 6.54. The molecule has 0 saturated carbocycles. The number of benzene rings is 2. The molecule has 28 heavy (non-hydrogen) atoms. The molecule has 4 nitrogen and oxygen atoms in total. The van der Waals surface area contributed by atoms with Crippen LogP contribution in [0.1, 0.15) is 22.6 Å². The van der Waals surface area contributed by atoms with Crippen LogP contribution in [0.15, 0.2) is 71.9 Å². The van der Waals surface area contributed by atoms with Crippen LogP contribution < -0.4 is 0 Å². The largest absolute Gasteiger partial charge is 0.297 e. The number of nitrogens with zero attached hydrogens (tertiary/aromatic N) is 2. The summed E-state index contributed by atoms with van der Waals surface area (Å²) >= 11 is 0. The first-order chi connectivity index (χ1) is 13.5. The van der Waals surface area contributed by atoms with Gasteiger partial charge in [0, 0.05) is 37.9 Å². The molecule has 142 valence electrons. The van der Waals surface area contributed by atoms with Crippen LogP contribution in [0.3, 0.4) is 0 Å². The van der Waals surface area contributed by atoms with Gasteiger partial charge in [-0.1, -0.05) is 35.9 Å². The number of pyridine rings is 1. The number of hydrogen-bond acceptors (Lipinski definition) is 4.